The number of nitrogens with one attached hydrogen (secondary N) is 1. The largest absolute Gasteiger partial charge is 0.320 e. The van der Waals surface area contributed by atoms with Gasteiger partial charge in [-0.1, -0.05) is 60.1 Å². The fraction of sp³-hybridized carbons (Fsp3) is 0.0952. The summed E-state index contributed by atoms with van der Waals surface area (Å²) in [5.74, 6) is -0.163. The van der Waals surface area contributed by atoms with Crippen molar-refractivity contribution in [2.45, 2.75) is 13.8 Å². The maximum atomic E-state index is 12.5. The summed E-state index contributed by atoms with van der Waals surface area (Å²) in [7, 11) is 0. The van der Waals surface area contributed by atoms with Gasteiger partial charge in [-0.15, -0.1) is 0 Å². The molecule has 3 rings (SSSR count). The van der Waals surface area contributed by atoms with Crippen molar-refractivity contribution in [1.82, 2.24) is 0 Å². The first-order valence-electron chi connectivity index (χ1n) is 7.78. The molecule has 24 heavy (non-hydrogen) atoms. The van der Waals surface area contributed by atoms with Gasteiger partial charge in [0, 0.05) is 5.56 Å². The molecule has 0 fully saturated rings. The molecule has 0 saturated carbocycles. The predicted octanol–water partition coefficient (Wildman–Crippen LogP) is 5.88. The number of hydrogen-bond donors (Lipinski definition) is 1. The molecule has 1 N–H and O–H groups in total. The number of hydrogen-bond acceptors (Lipinski definition) is 1. The summed E-state index contributed by atoms with van der Waals surface area (Å²) < 4.78 is 0. The van der Waals surface area contributed by atoms with Gasteiger partial charge in [0.1, 0.15) is 0 Å². The molecule has 0 heterocycles. The Bertz CT molecular complexity index is 847. The van der Waals surface area contributed by atoms with E-state index in [0.29, 0.717) is 16.3 Å². The highest BCUT2D eigenvalue weighted by Crippen LogP contribution is 2.28. The molecule has 0 unspecified atom stereocenters. The summed E-state index contributed by atoms with van der Waals surface area (Å²) in [6.07, 6.45) is 0. The van der Waals surface area contributed by atoms with Gasteiger partial charge in [-0.05, 0) is 54.3 Å². The van der Waals surface area contributed by atoms with E-state index in [1.165, 1.54) is 0 Å². The van der Waals surface area contributed by atoms with Gasteiger partial charge in [0.2, 0.25) is 0 Å². The molecular weight excluding hydrogens is 318 g/mol. The first-order chi connectivity index (χ1) is 11.5. The first-order valence-corrected chi connectivity index (χ1v) is 8.16. The Morgan fingerprint density at radius 2 is 1.50 bits per heavy atom. The Labute approximate surface area is 147 Å². The van der Waals surface area contributed by atoms with Gasteiger partial charge in [0.15, 0.2) is 0 Å². The molecule has 0 aliphatic carbocycles. The summed E-state index contributed by atoms with van der Waals surface area (Å²) in [6, 6.07) is 21.5. The Kier molecular flexibility index (Phi) is 4.68. The average molecular weight is 336 g/mol. The van der Waals surface area contributed by atoms with Gasteiger partial charge >= 0.3 is 0 Å². The second-order valence-corrected chi connectivity index (χ2v) is 6.24. The van der Waals surface area contributed by atoms with Crippen LogP contribution in [0.25, 0.3) is 11.1 Å². The molecule has 0 spiro atoms. The molecule has 0 radical (unpaired) electrons. The molecule has 0 aliphatic heterocycles. The average Bonchev–Trinajstić information content (AvgIpc) is 2.59. The summed E-state index contributed by atoms with van der Waals surface area (Å²) in [4.78, 5) is 12.5. The lowest BCUT2D eigenvalue weighted by molar-refractivity contribution is 0.102. The Hall–Kier alpha value is -2.58. The van der Waals surface area contributed by atoms with Gasteiger partial charge in [-0.2, -0.15) is 0 Å². The maximum absolute atomic E-state index is 12.5. The van der Waals surface area contributed by atoms with E-state index in [1.54, 1.807) is 0 Å². The number of aryl methyl sites for hydroxylation is 2. The molecule has 0 aliphatic rings. The highest BCUT2D eigenvalue weighted by molar-refractivity contribution is 6.34. The van der Waals surface area contributed by atoms with Crippen molar-refractivity contribution in [3.05, 3.63) is 88.4 Å². The molecule has 2 nitrogen and oxygen atoms in total. The van der Waals surface area contributed by atoms with E-state index in [9.17, 15) is 4.79 Å². The minimum Gasteiger partial charge on any atom is -0.320 e. The highest BCUT2D eigenvalue weighted by atomic mass is 35.5. The molecule has 0 saturated heterocycles. The van der Waals surface area contributed by atoms with E-state index in [-0.39, 0.29) is 5.91 Å². The van der Waals surface area contributed by atoms with Crippen LogP contribution in [0.1, 0.15) is 21.5 Å². The van der Waals surface area contributed by atoms with E-state index in [2.05, 4.69) is 5.32 Å². The molecule has 0 bridgehead atoms. The van der Waals surface area contributed by atoms with Crippen molar-refractivity contribution in [1.29, 1.82) is 0 Å². The number of anilines is 1. The quantitative estimate of drug-likeness (QED) is 0.636. The number of rotatable bonds is 3. The fourth-order valence-electron chi connectivity index (χ4n) is 2.70. The normalized spacial score (nSPS) is 10.5. The maximum Gasteiger partial charge on any atom is 0.255 e. The van der Waals surface area contributed by atoms with E-state index in [1.807, 2.05) is 80.6 Å². The van der Waals surface area contributed by atoms with Crippen molar-refractivity contribution in [3.63, 3.8) is 0 Å². The monoisotopic (exact) mass is 335 g/mol. The lowest BCUT2D eigenvalue weighted by Crippen LogP contribution is -2.13. The van der Waals surface area contributed by atoms with E-state index >= 15 is 0 Å². The smallest absolute Gasteiger partial charge is 0.255 e. The van der Waals surface area contributed by atoms with Crippen LogP contribution in [0, 0.1) is 13.8 Å². The van der Waals surface area contributed by atoms with Crippen LogP contribution in [-0.4, -0.2) is 5.91 Å². The van der Waals surface area contributed by atoms with Gasteiger partial charge in [-0.3, -0.25) is 4.79 Å². The molecule has 0 atom stereocenters. The van der Waals surface area contributed by atoms with Gasteiger partial charge < -0.3 is 5.32 Å². The Morgan fingerprint density at radius 3 is 2.12 bits per heavy atom. The number of carbonyl (C=O) groups excluding carboxylic acids is 1. The molecule has 1 amide bonds. The standard InChI is InChI=1S/C21H18ClNO/c1-14-12-15(2)20(19(22)13-14)23-21(24)18-10-8-17(9-11-18)16-6-4-3-5-7-16/h3-13H,1-2H3,(H,23,24). The van der Waals surface area contributed by atoms with Gasteiger partial charge in [-0.25, -0.2) is 0 Å². The zero-order chi connectivity index (χ0) is 17.1. The van der Waals surface area contributed by atoms with Crippen LogP contribution in [-0.2, 0) is 0 Å². The third-order valence-electron chi connectivity index (χ3n) is 3.92. The minimum atomic E-state index is -0.163. The zero-order valence-corrected chi connectivity index (χ0v) is 14.4. The predicted molar refractivity (Wildman–Crippen MR) is 101 cm³/mol. The van der Waals surface area contributed by atoms with Crippen LogP contribution in [0.3, 0.4) is 0 Å². The number of carbonyl (C=O) groups is 1. The summed E-state index contributed by atoms with van der Waals surface area (Å²) in [6.45, 7) is 3.92. The van der Waals surface area contributed by atoms with E-state index in [0.717, 1.165) is 22.3 Å². The van der Waals surface area contributed by atoms with Crippen molar-refractivity contribution in [2.24, 2.45) is 0 Å². The zero-order valence-electron chi connectivity index (χ0n) is 13.6. The minimum absolute atomic E-state index is 0.163. The Balaban J connectivity index is 1.81. The van der Waals surface area contributed by atoms with Crippen LogP contribution in [0.5, 0.6) is 0 Å². The van der Waals surface area contributed by atoms with E-state index in [4.69, 9.17) is 11.6 Å². The molecular formula is C21H18ClNO. The molecule has 3 aromatic carbocycles. The summed E-state index contributed by atoms with van der Waals surface area (Å²) in [5.41, 5.74) is 5.50. The van der Waals surface area contributed by atoms with Crippen LogP contribution >= 0.6 is 11.6 Å². The van der Waals surface area contributed by atoms with Gasteiger partial charge in [0.05, 0.1) is 10.7 Å². The second kappa shape index (κ2) is 6.90. The second-order valence-electron chi connectivity index (χ2n) is 5.84. The Morgan fingerprint density at radius 1 is 0.875 bits per heavy atom. The third-order valence-corrected chi connectivity index (χ3v) is 4.22. The van der Waals surface area contributed by atoms with E-state index < -0.39 is 0 Å². The SMILES string of the molecule is Cc1cc(C)c(NC(=O)c2ccc(-c3ccccc3)cc2)c(Cl)c1. The van der Waals surface area contributed by atoms with Crippen LogP contribution < -0.4 is 5.32 Å². The van der Waals surface area contributed by atoms with Crippen molar-refractivity contribution >= 4 is 23.2 Å². The molecule has 3 aromatic rings. The summed E-state index contributed by atoms with van der Waals surface area (Å²) >= 11 is 6.26. The van der Waals surface area contributed by atoms with Crippen LogP contribution in [0.4, 0.5) is 5.69 Å². The van der Waals surface area contributed by atoms with Gasteiger partial charge in [0.25, 0.3) is 5.91 Å². The van der Waals surface area contributed by atoms with Crippen LogP contribution in [0.2, 0.25) is 5.02 Å². The van der Waals surface area contributed by atoms with Crippen molar-refractivity contribution in [2.75, 3.05) is 5.32 Å². The lowest BCUT2D eigenvalue weighted by atomic mass is 10.0. The molecule has 0 aromatic heterocycles. The van der Waals surface area contributed by atoms with Crippen molar-refractivity contribution < 1.29 is 4.79 Å². The number of amides is 1. The van der Waals surface area contributed by atoms with Crippen molar-refractivity contribution in [3.8, 4) is 11.1 Å². The molecule has 120 valence electrons. The number of halogens is 1. The highest BCUT2D eigenvalue weighted by Gasteiger charge is 2.11. The fourth-order valence-corrected chi connectivity index (χ4v) is 3.07. The first kappa shape index (κ1) is 16.3. The number of benzene rings is 3. The lowest BCUT2D eigenvalue weighted by Gasteiger charge is -2.12. The third kappa shape index (κ3) is 3.50. The van der Waals surface area contributed by atoms with Crippen LogP contribution in [0.15, 0.2) is 66.7 Å². The molecule has 3 heteroatoms. The summed E-state index contributed by atoms with van der Waals surface area (Å²) in [5, 5.41) is 3.47. The topological polar surface area (TPSA) is 29.1 Å².